The SMILES string of the molecule is COC[C@@H](C)NS(=O)(=O)c1ccc2ccccc2c1. The minimum atomic E-state index is -3.50. The van der Waals surface area contributed by atoms with Gasteiger partial charge >= 0.3 is 0 Å². The van der Waals surface area contributed by atoms with Gasteiger partial charge in [-0.1, -0.05) is 30.3 Å². The second-order valence-corrected chi connectivity index (χ2v) is 6.20. The van der Waals surface area contributed by atoms with Crippen LogP contribution in [0.15, 0.2) is 47.4 Å². The van der Waals surface area contributed by atoms with E-state index in [9.17, 15) is 8.42 Å². The van der Waals surface area contributed by atoms with Crippen LogP contribution < -0.4 is 4.72 Å². The normalized spacial score (nSPS) is 13.6. The van der Waals surface area contributed by atoms with Gasteiger partial charge in [0.1, 0.15) is 0 Å². The fourth-order valence-electron chi connectivity index (χ4n) is 1.95. The Labute approximate surface area is 113 Å². The molecule has 2 aromatic carbocycles. The first-order valence-corrected chi connectivity index (χ1v) is 7.51. The molecule has 19 heavy (non-hydrogen) atoms. The van der Waals surface area contributed by atoms with Crippen LogP contribution in [0.2, 0.25) is 0 Å². The zero-order chi connectivity index (χ0) is 13.9. The van der Waals surface area contributed by atoms with Crippen molar-refractivity contribution in [2.75, 3.05) is 13.7 Å². The van der Waals surface area contributed by atoms with Crippen molar-refractivity contribution in [3.63, 3.8) is 0 Å². The van der Waals surface area contributed by atoms with Gasteiger partial charge in [0.2, 0.25) is 10.0 Å². The van der Waals surface area contributed by atoms with Crippen LogP contribution in [0.25, 0.3) is 10.8 Å². The molecule has 1 atom stereocenters. The standard InChI is InChI=1S/C14H17NO3S/c1-11(10-18-2)15-19(16,17)14-8-7-12-5-3-4-6-13(12)9-14/h3-9,11,15H,10H2,1-2H3/t11-/m1/s1. The Balaban J connectivity index is 2.32. The molecule has 0 unspecified atom stereocenters. The van der Waals surface area contributed by atoms with Crippen LogP contribution in [-0.2, 0) is 14.8 Å². The molecule has 0 heterocycles. The summed E-state index contributed by atoms with van der Waals surface area (Å²) < 4.78 is 31.9. The molecule has 1 N–H and O–H groups in total. The third-order valence-electron chi connectivity index (χ3n) is 2.80. The number of benzene rings is 2. The van der Waals surface area contributed by atoms with Crippen LogP contribution in [0.5, 0.6) is 0 Å². The number of nitrogens with one attached hydrogen (secondary N) is 1. The molecule has 0 aliphatic rings. The second kappa shape index (κ2) is 5.69. The molecule has 102 valence electrons. The van der Waals surface area contributed by atoms with E-state index in [1.165, 1.54) is 0 Å². The summed E-state index contributed by atoms with van der Waals surface area (Å²) in [6, 6.07) is 12.5. The maximum absolute atomic E-state index is 12.2. The van der Waals surface area contributed by atoms with Gasteiger partial charge in [0.15, 0.2) is 0 Å². The molecule has 2 aromatic rings. The first kappa shape index (κ1) is 14.0. The topological polar surface area (TPSA) is 55.4 Å². The maximum atomic E-state index is 12.2. The Morgan fingerprint density at radius 1 is 1.16 bits per heavy atom. The van der Waals surface area contributed by atoms with E-state index >= 15 is 0 Å². The van der Waals surface area contributed by atoms with E-state index in [0.29, 0.717) is 6.61 Å². The lowest BCUT2D eigenvalue weighted by Gasteiger charge is -2.13. The molecule has 4 nitrogen and oxygen atoms in total. The van der Waals surface area contributed by atoms with Crippen LogP contribution in [0.4, 0.5) is 0 Å². The average Bonchev–Trinajstić information content (AvgIpc) is 2.37. The van der Waals surface area contributed by atoms with E-state index in [2.05, 4.69) is 4.72 Å². The van der Waals surface area contributed by atoms with Gasteiger partial charge in [-0.15, -0.1) is 0 Å². The first-order valence-electron chi connectivity index (χ1n) is 6.03. The Morgan fingerprint density at radius 3 is 2.53 bits per heavy atom. The lowest BCUT2D eigenvalue weighted by molar-refractivity contribution is 0.180. The van der Waals surface area contributed by atoms with Crippen LogP contribution in [0.3, 0.4) is 0 Å². The van der Waals surface area contributed by atoms with E-state index in [4.69, 9.17) is 4.74 Å². The van der Waals surface area contributed by atoms with E-state index in [1.807, 2.05) is 30.3 Å². The summed E-state index contributed by atoms with van der Waals surface area (Å²) in [7, 11) is -1.96. The third-order valence-corrected chi connectivity index (χ3v) is 4.39. The van der Waals surface area contributed by atoms with Gasteiger partial charge in [0, 0.05) is 13.2 Å². The Morgan fingerprint density at radius 2 is 1.84 bits per heavy atom. The van der Waals surface area contributed by atoms with Gasteiger partial charge in [0.05, 0.1) is 11.5 Å². The molecular weight excluding hydrogens is 262 g/mol. The summed E-state index contributed by atoms with van der Waals surface area (Å²) in [5.41, 5.74) is 0. The van der Waals surface area contributed by atoms with Gasteiger partial charge in [-0.25, -0.2) is 13.1 Å². The molecular formula is C14H17NO3S. The number of hydrogen-bond acceptors (Lipinski definition) is 3. The quantitative estimate of drug-likeness (QED) is 0.912. The predicted molar refractivity (Wildman–Crippen MR) is 75.6 cm³/mol. The zero-order valence-corrected chi connectivity index (χ0v) is 11.8. The summed E-state index contributed by atoms with van der Waals surface area (Å²) in [5.74, 6) is 0. The molecule has 0 saturated carbocycles. The Hall–Kier alpha value is -1.43. The van der Waals surface area contributed by atoms with Gasteiger partial charge in [-0.3, -0.25) is 0 Å². The summed E-state index contributed by atoms with van der Waals surface area (Å²) in [4.78, 5) is 0.272. The summed E-state index contributed by atoms with van der Waals surface area (Å²) >= 11 is 0. The Bertz CT molecular complexity index is 667. The third kappa shape index (κ3) is 3.32. The molecule has 2 rings (SSSR count). The van der Waals surface area contributed by atoms with Crippen LogP contribution in [-0.4, -0.2) is 28.2 Å². The molecule has 0 amide bonds. The fraction of sp³-hybridized carbons (Fsp3) is 0.286. The van der Waals surface area contributed by atoms with Crippen LogP contribution >= 0.6 is 0 Å². The van der Waals surface area contributed by atoms with E-state index < -0.39 is 10.0 Å². The predicted octanol–water partition coefficient (Wildman–Crippen LogP) is 2.15. The zero-order valence-electron chi connectivity index (χ0n) is 11.0. The monoisotopic (exact) mass is 279 g/mol. The molecule has 0 fully saturated rings. The highest BCUT2D eigenvalue weighted by atomic mass is 32.2. The van der Waals surface area contributed by atoms with E-state index in [0.717, 1.165) is 10.8 Å². The van der Waals surface area contributed by atoms with Gasteiger partial charge in [0.25, 0.3) is 0 Å². The molecule has 0 aliphatic carbocycles. The molecule has 0 bridgehead atoms. The van der Waals surface area contributed by atoms with Crippen LogP contribution in [0, 0.1) is 0 Å². The lowest BCUT2D eigenvalue weighted by Crippen LogP contribution is -2.35. The number of ether oxygens (including phenoxy) is 1. The number of sulfonamides is 1. The van der Waals surface area contributed by atoms with Gasteiger partial charge in [-0.05, 0) is 29.8 Å². The molecule has 0 aliphatic heterocycles. The van der Waals surface area contributed by atoms with Crippen molar-refractivity contribution in [2.45, 2.75) is 17.9 Å². The average molecular weight is 279 g/mol. The smallest absolute Gasteiger partial charge is 0.240 e. The van der Waals surface area contributed by atoms with Gasteiger partial charge in [-0.2, -0.15) is 0 Å². The van der Waals surface area contributed by atoms with Crippen molar-refractivity contribution in [3.05, 3.63) is 42.5 Å². The minimum absolute atomic E-state index is 0.263. The van der Waals surface area contributed by atoms with Crippen molar-refractivity contribution in [1.29, 1.82) is 0 Å². The fourth-order valence-corrected chi connectivity index (χ4v) is 3.21. The number of methoxy groups -OCH3 is 1. The highest BCUT2D eigenvalue weighted by Crippen LogP contribution is 2.18. The molecule has 0 radical (unpaired) electrons. The first-order chi connectivity index (χ1) is 9.03. The number of fused-ring (bicyclic) bond motifs is 1. The van der Waals surface area contributed by atoms with Crippen molar-refractivity contribution >= 4 is 20.8 Å². The molecule has 0 saturated heterocycles. The van der Waals surface area contributed by atoms with E-state index in [-0.39, 0.29) is 10.9 Å². The summed E-state index contributed by atoms with van der Waals surface area (Å²) in [6.07, 6.45) is 0. The highest BCUT2D eigenvalue weighted by Gasteiger charge is 2.17. The molecule has 5 heteroatoms. The summed E-state index contributed by atoms with van der Waals surface area (Å²) in [5, 5.41) is 1.93. The minimum Gasteiger partial charge on any atom is -0.383 e. The van der Waals surface area contributed by atoms with Crippen molar-refractivity contribution < 1.29 is 13.2 Å². The largest absolute Gasteiger partial charge is 0.383 e. The van der Waals surface area contributed by atoms with Gasteiger partial charge < -0.3 is 4.74 Å². The van der Waals surface area contributed by atoms with Crippen molar-refractivity contribution in [3.8, 4) is 0 Å². The molecule has 0 aromatic heterocycles. The maximum Gasteiger partial charge on any atom is 0.240 e. The van der Waals surface area contributed by atoms with Crippen molar-refractivity contribution in [1.82, 2.24) is 4.72 Å². The second-order valence-electron chi connectivity index (χ2n) is 4.49. The molecule has 0 spiro atoms. The van der Waals surface area contributed by atoms with E-state index in [1.54, 1.807) is 26.2 Å². The number of hydrogen-bond donors (Lipinski definition) is 1. The Kier molecular flexibility index (Phi) is 4.19. The number of rotatable bonds is 5. The van der Waals surface area contributed by atoms with Crippen LogP contribution in [0.1, 0.15) is 6.92 Å². The summed E-state index contributed by atoms with van der Waals surface area (Å²) in [6.45, 7) is 2.11. The highest BCUT2D eigenvalue weighted by molar-refractivity contribution is 7.89. The van der Waals surface area contributed by atoms with Crippen molar-refractivity contribution in [2.24, 2.45) is 0 Å². The lowest BCUT2D eigenvalue weighted by atomic mass is 10.1.